The van der Waals surface area contributed by atoms with Gasteiger partial charge in [0.1, 0.15) is 17.1 Å². The fourth-order valence-corrected chi connectivity index (χ4v) is 1.98. The van der Waals surface area contributed by atoms with Crippen LogP contribution in [-0.2, 0) is 15.0 Å². The molecule has 0 aromatic carbocycles. The summed E-state index contributed by atoms with van der Waals surface area (Å²) in [4.78, 5) is 19.1. The number of hydrogen-bond donors (Lipinski definition) is 2. The van der Waals surface area contributed by atoms with E-state index in [4.69, 9.17) is 15.2 Å². The summed E-state index contributed by atoms with van der Waals surface area (Å²) in [5.74, 6) is 0.207. The number of nitrogens with one attached hydrogen (secondary N) is 1. The first-order valence-electron chi connectivity index (χ1n) is 6.46. The smallest absolute Gasteiger partial charge is 0.356 e. The molecular weight excluding hydrogens is 246 g/mol. The molecule has 1 aromatic heterocycles. The molecule has 0 atom stereocenters. The van der Waals surface area contributed by atoms with E-state index in [1.165, 1.54) is 6.20 Å². The zero-order valence-corrected chi connectivity index (χ0v) is 11.7. The molecule has 1 saturated heterocycles. The van der Waals surface area contributed by atoms with Gasteiger partial charge in [-0.2, -0.15) is 0 Å². The number of nitrogens with two attached hydrogens (primary N) is 1. The summed E-state index contributed by atoms with van der Waals surface area (Å²) in [5, 5.41) is 0. The maximum atomic E-state index is 11.9. The van der Waals surface area contributed by atoms with Crippen LogP contribution in [0, 0.1) is 0 Å². The molecule has 3 N–H and O–H groups in total. The Kier molecular flexibility index (Phi) is 3.64. The topological polar surface area (TPSA) is 90.2 Å². The SMILES string of the molecule is CC(C)(C)OC(=O)c1cnc(C2(N)CCOCC2)[nH]1. The van der Waals surface area contributed by atoms with Crippen LogP contribution in [0.25, 0.3) is 0 Å². The lowest BCUT2D eigenvalue weighted by Crippen LogP contribution is -2.43. The molecule has 2 heterocycles. The van der Waals surface area contributed by atoms with Crippen LogP contribution in [0.4, 0.5) is 0 Å². The van der Waals surface area contributed by atoms with Crippen LogP contribution in [-0.4, -0.2) is 34.8 Å². The summed E-state index contributed by atoms with van der Waals surface area (Å²) in [7, 11) is 0. The Hall–Kier alpha value is -1.40. The van der Waals surface area contributed by atoms with E-state index in [1.807, 2.05) is 20.8 Å². The molecule has 0 spiro atoms. The lowest BCUT2D eigenvalue weighted by Gasteiger charge is -2.31. The van der Waals surface area contributed by atoms with Gasteiger partial charge in [-0.25, -0.2) is 9.78 Å². The average Bonchev–Trinajstić information content (AvgIpc) is 2.77. The predicted octanol–water partition coefficient (Wildman–Crippen LogP) is 1.33. The Morgan fingerprint density at radius 2 is 2.11 bits per heavy atom. The highest BCUT2D eigenvalue weighted by molar-refractivity contribution is 5.87. The third kappa shape index (κ3) is 3.33. The van der Waals surface area contributed by atoms with Gasteiger partial charge in [0.15, 0.2) is 0 Å². The Morgan fingerprint density at radius 3 is 2.68 bits per heavy atom. The number of rotatable bonds is 2. The Balaban J connectivity index is 2.12. The second-order valence-electron chi connectivity index (χ2n) is 5.92. The monoisotopic (exact) mass is 267 g/mol. The number of aromatic amines is 1. The fraction of sp³-hybridized carbons (Fsp3) is 0.692. The molecule has 1 aliphatic heterocycles. The molecule has 0 aliphatic carbocycles. The van der Waals surface area contributed by atoms with Gasteiger partial charge in [-0.15, -0.1) is 0 Å². The summed E-state index contributed by atoms with van der Waals surface area (Å²) >= 11 is 0. The minimum Gasteiger partial charge on any atom is -0.455 e. The maximum absolute atomic E-state index is 11.9. The molecule has 1 aliphatic rings. The number of imidazole rings is 1. The Morgan fingerprint density at radius 1 is 1.47 bits per heavy atom. The van der Waals surface area contributed by atoms with Crippen LogP contribution in [0.2, 0.25) is 0 Å². The maximum Gasteiger partial charge on any atom is 0.356 e. The van der Waals surface area contributed by atoms with Crippen molar-refractivity contribution >= 4 is 5.97 Å². The lowest BCUT2D eigenvalue weighted by molar-refractivity contribution is 0.00628. The van der Waals surface area contributed by atoms with Crippen molar-refractivity contribution in [1.29, 1.82) is 0 Å². The normalized spacial score (nSPS) is 19.2. The fourth-order valence-electron chi connectivity index (χ4n) is 1.98. The third-order valence-corrected chi connectivity index (χ3v) is 3.05. The molecule has 0 unspecified atom stereocenters. The molecule has 1 fully saturated rings. The van der Waals surface area contributed by atoms with Crippen molar-refractivity contribution in [2.45, 2.75) is 44.8 Å². The van der Waals surface area contributed by atoms with Crippen LogP contribution in [0.1, 0.15) is 49.9 Å². The van der Waals surface area contributed by atoms with Crippen molar-refractivity contribution in [2.24, 2.45) is 5.73 Å². The molecule has 0 saturated carbocycles. The molecule has 2 rings (SSSR count). The van der Waals surface area contributed by atoms with E-state index in [0.29, 0.717) is 37.6 Å². The first-order chi connectivity index (χ1) is 8.80. The van der Waals surface area contributed by atoms with Gasteiger partial charge in [-0.1, -0.05) is 0 Å². The predicted molar refractivity (Wildman–Crippen MR) is 69.7 cm³/mol. The first kappa shape index (κ1) is 14.0. The van der Waals surface area contributed by atoms with Crippen molar-refractivity contribution in [3.8, 4) is 0 Å². The highest BCUT2D eigenvalue weighted by Crippen LogP contribution is 2.27. The Labute approximate surface area is 112 Å². The van der Waals surface area contributed by atoms with Crippen molar-refractivity contribution in [1.82, 2.24) is 9.97 Å². The number of H-pyrrole nitrogens is 1. The molecule has 19 heavy (non-hydrogen) atoms. The molecule has 0 radical (unpaired) electrons. The van der Waals surface area contributed by atoms with Crippen LogP contribution in [0.5, 0.6) is 0 Å². The average molecular weight is 267 g/mol. The van der Waals surface area contributed by atoms with Gasteiger partial charge in [0, 0.05) is 13.2 Å². The van der Waals surface area contributed by atoms with E-state index in [2.05, 4.69) is 9.97 Å². The van der Waals surface area contributed by atoms with Gasteiger partial charge in [-0.05, 0) is 33.6 Å². The first-order valence-corrected chi connectivity index (χ1v) is 6.46. The second kappa shape index (κ2) is 4.94. The number of ether oxygens (including phenoxy) is 2. The lowest BCUT2D eigenvalue weighted by atomic mass is 9.91. The number of hydrogen-bond acceptors (Lipinski definition) is 5. The van der Waals surface area contributed by atoms with Crippen molar-refractivity contribution in [2.75, 3.05) is 13.2 Å². The van der Waals surface area contributed by atoms with Crippen LogP contribution < -0.4 is 5.73 Å². The van der Waals surface area contributed by atoms with E-state index >= 15 is 0 Å². The van der Waals surface area contributed by atoms with Gasteiger partial charge in [0.25, 0.3) is 0 Å². The van der Waals surface area contributed by atoms with Gasteiger partial charge < -0.3 is 20.2 Å². The minimum absolute atomic E-state index is 0.334. The van der Waals surface area contributed by atoms with E-state index in [0.717, 1.165) is 0 Å². The molecule has 1 aromatic rings. The summed E-state index contributed by atoms with van der Waals surface area (Å²) in [6.07, 6.45) is 2.86. The van der Waals surface area contributed by atoms with E-state index in [9.17, 15) is 4.79 Å². The van der Waals surface area contributed by atoms with Gasteiger partial charge in [0.05, 0.1) is 11.7 Å². The zero-order chi connectivity index (χ0) is 14.1. The number of aromatic nitrogens is 2. The molecular formula is C13H21N3O3. The summed E-state index contributed by atoms with van der Waals surface area (Å²) in [6.45, 7) is 6.69. The van der Waals surface area contributed by atoms with Crippen molar-refractivity contribution < 1.29 is 14.3 Å². The van der Waals surface area contributed by atoms with Crippen molar-refractivity contribution in [3.63, 3.8) is 0 Å². The van der Waals surface area contributed by atoms with E-state index in [1.54, 1.807) is 0 Å². The highest BCUT2D eigenvalue weighted by Gasteiger charge is 2.33. The molecule has 6 nitrogen and oxygen atoms in total. The van der Waals surface area contributed by atoms with Crippen molar-refractivity contribution in [3.05, 3.63) is 17.7 Å². The van der Waals surface area contributed by atoms with E-state index in [-0.39, 0.29) is 0 Å². The quantitative estimate of drug-likeness (QED) is 0.789. The van der Waals surface area contributed by atoms with Gasteiger partial charge in [0.2, 0.25) is 0 Å². The standard InChI is InChI=1S/C13H21N3O3/c1-12(2,3)19-10(17)9-8-15-11(16-9)13(14)4-6-18-7-5-13/h8H,4-7,14H2,1-3H3,(H,15,16). The van der Waals surface area contributed by atoms with Gasteiger partial charge >= 0.3 is 5.97 Å². The number of esters is 1. The third-order valence-electron chi connectivity index (χ3n) is 3.05. The molecule has 106 valence electrons. The summed E-state index contributed by atoms with van der Waals surface area (Å²) in [6, 6.07) is 0. The van der Waals surface area contributed by atoms with Crippen LogP contribution in [0.15, 0.2) is 6.20 Å². The zero-order valence-electron chi connectivity index (χ0n) is 11.7. The minimum atomic E-state index is -0.543. The number of carbonyl (C=O) groups excluding carboxylic acids is 1. The largest absolute Gasteiger partial charge is 0.455 e. The molecule has 0 amide bonds. The highest BCUT2D eigenvalue weighted by atomic mass is 16.6. The van der Waals surface area contributed by atoms with E-state index < -0.39 is 17.1 Å². The summed E-state index contributed by atoms with van der Waals surface area (Å²) < 4.78 is 10.6. The van der Waals surface area contributed by atoms with Crippen LogP contribution in [0.3, 0.4) is 0 Å². The molecule has 6 heteroatoms. The van der Waals surface area contributed by atoms with Gasteiger partial charge in [-0.3, -0.25) is 0 Å². The van der Waals surface area contributed by atoms with Crippen LogP contribution >= 0.6 is 0 Å². The molecule has 0 bridgehead atoms. The second-order valence-corrected chi connectivity index (χ2v) is 5.92. The Bertz CT molecular complexity index is 456. The number of carbonyl (C=O) groups is 1. The summed E-state index contributed by atoms with van der Waals surface area (Å²) in [5.41, 5.74) is 5.56. The number of nitrogens with zero attached hydrogens (tertiary/aromatic N) is 1.